The van der Waals surface area contributed by atoms with Crippen molar-refractivity contribution in [2.75, 3.05) is 13.1 Å². The van der Waals surface area contributed by atoms with Crippen LogP contribution in [0.5, 0.6) is 0 Å². The van der Waals surface area contributed by atoms with Crippen molar-refractivity contribution in [3.8, 4) is 0 Å². The Kier molecular flexibility index (Phi) is 3.91. The van der Waals surface area contributed by atoms with Crippen molar-refractivity contribution in [3.63, 3.8) is 0 Å². The Hall–Kier alpha value is -1.92. The Balaban J connectivity index is 1.72. The Bertz CT molecular complexity index is 432. The van der Waals surface area contributed by atoms with E-state index >= 15 is 0 Å². The van der Waals surface area contributed by atoms with Gasteiger partial charge in [0, 0.05) is 33.0 Å². The second-order valence-corrected chi connectivity index (χ2v) is 4.44. The summed E-state index contributed by atoms with van der Waals surface area (Å²) < 4.78 is 1.83. The van der Waals surface area contributed by atoms with Crippen LogP contribution in [0.1, 0.15) is 18.7 Å². The minimum atomic E-state index is -0.109. The average Bonchev–Trinajstić information content (AvgIpc) is 2.76. The van der Waals surface area contributed by atoms with Crippen molar-refractivity contribution in [3.05, 3.63) is 12.2 Å². The van der Waals surface area contributed by atoms with Crippen molar-refractivity contribution in [1.29, 1.82) is 0 Å². The van der Waals surface area contributed by atoms with E-state index in [4.69, 9.17) is 0 Å². The lowest BCUT2D eigenvalue weighted by Crippen LogP contribution is -2.43. The third-order valence-electron chi connectivity index (χ3n) is 3.09. The lowest BCUT2D eigenvalue weighted by molar-refractivity contribution is -0.128. The zero-order chi connectivity index (χ0) is 13.0. The van der Waals surface area contributed by atoms with Gasteiger partial charge in [-0.25, -0.2) is 0 Å². The molecule has 0 spiro atoms. The maximum absolute atomic E-state index is 11.8. The van der Waals surface area contributed by atoms with Gasteiger partial charge in [-0.2, -0.15) is 0 Å². The molecule has 0 bridgehead atoms. The quantitative estimate of drug-likeness (QED) is 0.718. The molecule has 0 aromatic carbocycles. The standard InChI is InChI=1S/C11H17N5O2/c1-16-7-14-15-9(16)4-5-12-11(18)8-2-3-10(17)13-6-8/h7-8H,2-6H2,1H3,(H,12,18)(H,13,17). The van der Waals surface area contributed by atoms with Crippen LogP contribution in [0.15, 0.2) is 6.33 Å². The normalized spacial score (nSPS) is 19.4. The van der Waals surface area contributed by atoms with Crippen LogP contribution in [0, 0.1) is 5.92 Å². The van der Waals surface area contributed by atoms with Crippen LogP contribution < -0.4 is 10.6 Å². The van der Waals surface area contributed by atoms with Gasteiger partial charge in [0.25, 0.3) is 0 Å². The van der Waals surface area contributed by atoms with Gasteiger partial charge >= 0.3 is 0 Å². The van der Waals surface area contributed by atoms with E-state index in [9.17, 15) is 9.59 Å². The molecule has 2 amide bonds. The van der Waals surface area contributed by atoms with Gasteiger partial charge in [-0.05, 0) is 6.42 Å². The number of carbonyl (C=O) groups is 2. The van der Waals surface area contributed by atoms with Gasteiger partial charge < -0.3 is 15.2 Å². The molecule has 2 N–H and O–H groups in total. The molecule has 2 rings (SSSR count). The largest absolute Gasteiger partial charge is 0.355 e. The lowest BCUT2D eigenvalue weighted by atomic mass is 9.98. The molecule has 0 aliphatic carbocycles. The highest BCUT2D eigenvalue weighted by molar-refractivity contribution is 5.83. The molecule has 1 atom stereocenters. The van der Waals surface area contributed by atoms with Gasteiger partial charge in [0.05, 0.1) is 5.92 Å². The highest BCUT2D eigenvalue weighted by Crippen LogP contribution is 2.10. The first kappa shape index (κ1) is 12.5. The summed E-state index contributed by atoms with van der Waals surface area (Å²) in [5.74, 6) is 0.754. The fourth-order valence-corrected chi connectivity index (χ4v) is 1.93. The Morgan fingerprint density at radius 3 is 3.11 bits per heavy atom. The van der Waals surface area contributed by atoms with Crippen LogP contribution in [0.4, 0.5) is 0 Å². The van der Waals surface area contributed by atoms with Crippen molar-refractivity contribution in [1.82, 2.24) is 25.4 Å². The molecule has 1 saturated heterocycles. The summed E-state index contributed by atoms with van der Waals surface area (Å²) in [5, 5.41) is 13.3. The van der Waals surface area contributed by atoms with E-state index in [1.54, 1.807) is 6.33 Å². The SMILES string of the molecule is Cn1cnnc1CCNC(=O)C1CCC(=O)NC1. The smallest absolute Gasteiger partial charge is 0.224 e. The van der Waals surface area contributed by atoms with E-state index in [0.29, 0.717) is 32.4 Å². The molecule has 1 aromatic heterocycles. The molecule has 98 valence electrons. The summed E-state index contributed by atoms with van der Waals surface area (Å²) in [6.07, 6.45) is 3.35. The topological polar surface area (TPSA) is 88.9 Å². The molecule has 1 aromatic rings. The summed E-state index contributed by atoms with van der Waals surface area (Å²) in [7, 11) is 1.87. The Labute approximate surface area is 105 Å². The Morgan fingerprint density at radius 1 is 1.67 bits per heavy atom. The third kappa shape index (κ3) is 3.06. The summed E-state index contributed by atoms with van der Waals surface area (Å²) >= 11 is 0. The van der Waals surface area contributed by atoms with Crippen LogP contribution in [-0.2, 0) is 23.1 Å². The van der Waals surface area contributed by atoms with Crippen LogP contribution in [0.3, 0.4) is 0 Å². The van der Waals surface area contributed by atoms with Crippen molar-refractivity contribution < 1.29 is 9.59 Å². The van der Waals surface area contributed by atoms with Crippen molar-refractivity contribution in [2.24, 2.45) is 13.0 Å². The van der Waals surface area contributed by atoms with Crippen molar-refractivity contribution >= 4 is 11.8 Å². The first-order valence-corrected chi connectivity index (χ1v) is 6.04. The van der Waals surface area contributed by atoms with Crippen LogP contribution in [0.2, 0.25) is 0 Å². The molecule has 7 nitrogen and oxygen atoms in total. The summed E-state index contributed by atoms with van der Waals surface area (Å²) in [5.41, 5.74) is 0. The molecule has 0 radical (unpaired) electrons. The van der Waals surface area contributed by atoms with Gasteiger partial charge in [-0.3, -0.25) is 9.59 Å². The van der Waals surface area contributed by atoms with Crippen LogP contribution in [0.25, 0.3) is 0 Å². The highest BCUT2D eigenvalue weighted by Gasteiger charge is 2.23. The maximum Gasteiger partial charge on any atom is 0.224 e. The molecule has 0 saturated carbocycles. The molecular formula is C11H17N5O2. The number of nitrogens with one attached hydrogen (secondary N) is 2. The molecule has 18 heavy (non-hydrogen) atoms. The molecule has 1 fully saturated rings. The molecule has 1 unspecified atom stereocenters. The molecule has 1 aliphatic rings. The number of aryl methyl sites for hydroxylation is 1. The first-order valence-electron chi connectivity index (χ1n) is 6.04. The fourth-order valence-electron chi connectivity index (χ4n) is 1.93. The van der Waals surface area contributed by atoms with Gasteiger partial charge in [0.15, 0.2) is 0 Å². The maximum atomic E-state index is 11.8. The predicted octanol–water partition coefficient (Wildman–Crippen LogP) is -1.000. The lowest BCUT2D eigenvalue weighted by Gasteiger charge is -2.21. The van der Waals surface area contributed by atoms with Gasteiger partial charge in [-0.1, -0.05) is 0 Å². The van der Waals surface area contributed by atoms with E-state index in [1.807, 2.05) is 11.6 Å². The number of rotatable bonds is 4. The average molecular weight is 251 g/mol. The van der Waals surface area contributed by atoms with Gasteiger partial charge in [0.2, 0.25) is 11.8 Å². The van der Waals surface area contributed by atoms with E-state index < -0.39 is 0 Å². The summed E-state index contributed by atoms with van der Waals surface area (Å²) in [6.45, 7) is 0.977. The highest BCUT2D eigenvalue weighted by atomic mass is 16.2. The number of hydrogen-bond donors (Lipinski definition) is 2. The summed E-state index contributed by atoms with van der Waals surface area (Å²) in [6, 6.07) is 0. The third-order valence-corrected chi connectivity index (χ3v) is 3.09. The molecule has 1 aliphatic heterocycles. The minimum Gasteiger partial charge on any atom is -0.355 e. The van der Waals surface area contributed by atoms with Crippen LogP contribution >= 0.6 is 0 Å². The second-order valence-electron chi connectivity index (χ2n) is 4.44. The minimum absolute atomic E-state index is 0.00262. The van der Waals surface area contributed by atoms with Crippen LogP contribution in [-0.4, -0.2) is 39.7 Å². The number of carbonyl (C=O) groups excluding carboxylic acids is 2. The second kappa shape index (κ2) is 5.61. The molecular weight excluding hydrogens is 234 g/mol. The van der Waals surface area contributed by atoms with E-state index in [2.05, 4.69) is 20.8 Å². The van der Waals surface area contributed by atoms with E-state index in [0.717, 1.165) is 5.82 Å². The van der Waals surface area contributed by atoms with Crippen molar-refractivity contribution in [2.45, 2.75) is 19.3 Å². The van der Waals surface area contributed by atoms with E-state index in [1.165, 1.54) is 0 Å². The Morgan fingerprint density at radius 2 is 2.50 bits per heavy atom. The number of aromatic nitrogens is 3. The van der Waals surface area contributed by atoms with Gasteiger partial charge in [0.1, 0.15) is 12.2 Å². The molecule has 2 heterocycles. The summed E-state index contributed by atoms with van der Waals surface area (Å²) in [4.78, 5) is 22.8. The predicted molar refractivity (Wildman–Crippen MR) is 63.5 cm³/mol. The zero-order valence-electron chi connectivity index (χ0n) is 10.3. The fraction of sp³-hybridized carbons (Fsp3) is 0.636. The monoisotopic (exact) mass is 251 g/mol. The number of nitrogens with zero attached hydrogens (tertiary/aromatic N) is 3. The molecule has 7 heteroatoms. The number of amides is 2. The first-order chi connectivity index (χ1) is 8.66. The zero-order valence-corrected chi connectivity index (χ0v) is 10.3. The van der Waals surface area contributed by atoms with Gasteiger partial charge in [-0.15, -0.1) is 10.2 Å². The van der Waals surface area contributed by atoms with E-state index in [-0.39, 0.29) is 17.7 Å². The number of hydrogen-bond acceptors (Lipinski definition) is 4. The number of piperidine rings is 1.